The molecule has 3 nitrogen and oxygen atoms in total. The number of carbonyl (C=O) groups is 1. The van der Waals surface area contributed by atoms with Crippen LogP contribution in [-0.2, 0) is 16.1 Å². The Morgan fingerprint density at radius 3 is 2.83 bits per heavy atom. The number of ether oxygens (including phenoxy) is 1. The van der Waals surface area contributed by atoms with E-state index in [4.69, 9.17) is 4.74 Å². The lowest BCUT2D eigenvalue weighted by Crippen LogP contribution is -2.55. The summed E-state index contributed by atoms with van der Waals surface area (Å²) in [7, 11) is 0. The number of esters is 1. The van der Waals surface area contributed by atoms with Crippen LogP contribution < -0.4 is 0 Å². The summed E-state index contributed by atoms with van der Waals surface area (Å²) in [5.41, 5.74) is 1.17. The molecule has 96 valence electrons. The molecule has 0 spiro atoms. The lowest BCUT2D eigenvalue weighted by atomic mass is 9.80. The number of rotatable bonds is 3. The maximum Gasteiger partial charge on any atom is 0.302 e. The molecule has 0 aromatic heterocycles. The van der Waals surface area contributed by atoms with Gasteiger partial charge in [0.1, 0.15) is 12.3 Å². The van der Waals surface area contributed by atoms with Crippen molar-refractivity contribution in [2.45, 2.75) is 31.8 Å². The third-order valence-corrected chi connectivity index (χ3v) is 3.89. The Morgan fingerprint density at radius 1 is 1.44 bits per heavy atom. The van der Waals surface area contributed by atoms with Crippen LogP contribution in [0.4, 0.5) is 4.39 Å². The van der Waals surface area contributed by atoms with Crippen molar-refractivity contribution < 1.29 is 13.9 Å². The summed E-state index contributed by atoms with van der Waals surface area (Å²) in [6, 6.07) is 9.73. The maximum atomic E-state index is 13.8. The predicted octanol–water partition coefficient (Wildman–Crippen LogP) is 1.77. The van der Waals surface area contributed by atoms with Gasteiger partial charge in [-0.25, -0.2) is 4.39 Å². The fourth-order valence-electron chi connectivity index (χ4n) is 3.07. The van der Waals surface area contributed by atoms with Crippen LogP contribution in [-0.4, -0.2) is 35.7 Å². The number of hydrogen-bond acceptors (Lipinski definition) is 3. The molecular formula is C14H16FNO2. The van der Waals surface area contributed by atoms with E-state index in [-0.39, 0.29) is 24.0 Å². The van der Waals surface area contributed by atoms with Gasteiger partial charge in [0.05, 0.1) is 6.04 Å². The third kappa shape index (κ3) is 1.81. The first-order valence-corrected chi connectivity index (χ1v) is 6.26. The Hall–Kier alpha value is -1.42. The van der Waals surface area contributed by atoms with Gasteiger partial charge in [0.25, 0.3) is 0 Å². The molecule has 1 saturated carbocycles. The Balaban J connectivity index is 1.68. The van der Waals surface area contributed by atoms with Gasteiger partial charge in [0.2, 0.25) is 0 Å². The second kappa shape index (κ2) is 4.35. The summed E-state index contributed by atoms with van der Waals surface area (Å²) in [6.45, 7) is 2.78. The van der Waals surface area contributed by atoms with Crippen molar-refractivity contribution in [3.63, 3.8) is 0 Å². The number of halogens is 1. The lowest BCUT2D eigenvalue weighted by molar-refractivity contribution is -0.161. The first kappa shape index (κ1) is 11.7. The van der Waals surface area contributed by atoms with Gasteiger partial charge >= 0.3 is 5.97 Å². The topological polar surface area (TPSA) is 29.5 Å². The van der Waals surface area contributed by atoms with Crippen LogP contribution in [0.15, 0.2) is 30.3 Å². The standard InChI is InChI=1S/C14H16FNO2/c1-9(17)18-14-11-8-16(13(14)12(11)15)7-10-5-3-2-4-6-10/h2-6,11-14H,7-8H2,1H3. The van der Waals surface area contributed by atoms with Crippen LogP contribution in [0.1, 0.15) is 12.5 Å². The minimum atomic E-state index is -0.849. The Morgan fingerprint density at radius 2 is 2.17 bits per heavy atom. The molecule has 2 saturated heterocycles. The minimum Gasteiger partial charge on any atom is -0.460 e. The zero-order valence-electron chi connectivity index (χ0n) is 10.3. The summed E-state index contributed by atoms with van der Waals surface area (Å²) in [5, 5.41) is 0. The maximum absolute atomic E-state index is 13.8. The van der Waals surface area contributed by atoms with Gasteiger partial charge in [0, 0.05) is 25.9 Å². The molecule has 2 aliphatic heterocycles. The molecule has 1 aromatic rings. The fourth-order valence-corrected chi connectivity index (χ4v) is 3.07. The number of carbonyl (C=O) groups excluding carboxylic acids is 1. The molecule has 3 aliphatic rings. The third-order valence-electron chi connectivity index (χ3n) is 3.89. The van der Waals surface area contributed by atoms with Crippen molar-refractivity contribution in [2.75, 3.05) is 6.54 Å². The number of nitrogens with zero attached hydrogens (tertiary/aromatic N) is 1. The van der Waals surface area contributed by atoms with Crippen molar-refractivity contribution in [1.82, 2.24) is 4.90 Å². The molecule has 2 heterocycles. The van der Waals surface area contributed by atoms with E-state index in [0.717, 1.165) is 6.54 Å². The van der Waals surface area contributed by atoms with E-state index in [1.165, 1.54) is 12.5 Å². The lowest BCUT2D eigenvalue weighted by Gasteiger charge is -2.39. The van der Waals surface area contributed by atoms with Gasteiger partial charge in [-0.1, -0.05) is 30.3 Å². The van der Waals surface area contributed by atoms with Gasteiger partial charge < -0.3 is 4.74 Å². The van der Waals surface area contributed by atoms with Crippen molar-refractivity contribution in [2.24, 2.45) is 5.92 Å². The van der Waals surface area contributed by atoms with E-state index >= 15 is 0 Å². The largest absolute Gasteiger partial charge is 0.460 e. The van der Waals surface area contributed by atoms with Crippen LogP contribution in [0.3, 0.4) is 0 Å². The molecule has 0 radical (unpaired) electrons. The summed E-state index contributed by atoms with van der Waals surface area (Å²) in [6.07, 6.45) is -1.10. The highest BCUT2D eigenvalue weighted by Crippen LogP contribution is 2.46. The molecule has 18 heavy (non-hydrogen) atoms. The highest BCUT2D eigenvalue weighted by Gasteiger charge is 2.62. The molecule has 0 N–H and O–H groups in total. The fraction of sp³-hybridized carbons (Fsp3) is 0.500. The highest BCUT2D eigenvalue weighted by atomic mass is 19.1. The number of fused-ring (bicyclic) bond motifs is 1. The Labute approximate surface area is 106 Å². The molecule has 0 amide bonds. The van der Waals surface area contributed by atoms with Crippen LogP contribution >= 0.6 is 0 Å². The van der Waals surface area contributed by atoms with E-state index < -0.39 is 6.17 Å². The smallest absolute Gasteiger partial charge is 0.302 e. The number of benzene rings is 1. The molecule has 4 rings (SSSR count). The van der Waals surface area contributed by atoms with Crippen molar-refractivity contribution in [3.8, 4) is 0 Å². The Kier molecular flexibility index (Phi) is 2.82. The van der Waals surface area contributed by atoms with E-state index in [1.54, 1.807) is 0 Å². The van der Waals surface area contributed by atoms with Gasteiger partial charge in [0.15, 0.2) is 0 Å². The van der Waals surface area contributed by atoms with Crippen LogP contribution in [0, 0.1) is 5.92 Å². The van der Waals surface area contributed by atoms with Crippen molar-refractivity contribution >= 4 is 5.97 Å². The van der Waals surface area contributed by atoms with E-state index in [0.29, 0.717) is 6.54 Å². The zero-order valence-corrected chi connectivity index (χ0v) is 10.3. The first-order chi connectivity index (χ1) is 8.66. The van der Waals surface area contributed by atoms with Gasteiger partial charge in [-0.3, -0.25) is 9.69 Å². The molecule has 4 heteroatoms. The second-order valence-electron chi connectivity index (χ2n) is 5.09. The average molecular weight is 249 g/mol. The number of hydrogen-bond donors (Lipinski definition) is 0. The van der Waals surface area contributed by atoms with Gasteiger partial charge in [-0.2, -0.15) is 0 Å². The van der Waals surface area contributed by atoms with Crippen molar-refractivity contribution in [3.05, 3.63) is 35.9 Å². The monoisotopic (exact) mass is 249 g/mol. The normalized spacial score (nSPS) is 34.1. The molecule has 4 unspecified atom stereocenters. The molecule has 1 aromatic carbocycles. The molecule has 3 fully saturated rings. The SMILES string of the molecule is CC(=O)OC1C2CN(Cc3ccccc3)C1C2F. The van der Waals surface area contributed by atoms with Crippen LogP contribution in [0.5, 0.6) is 0 Å². The van der Waals surface area contributed by atoms with E-state index in [1.807, 2.05) is 30.3 Å². The van der Waals surface area contributed by atoms with Crippen LogP contribution in [0.2, 0.25) is 0 Å². The minimum absolute atomic E-state index is 0.136. The van der Waals surface area contributed by atoms with Crippen molar-refractivity contribution in [1.29, 1.82) is 0 Å². The van der Waals surface area contributed by atoms with E-state index in [2.05, 4.69) is 4.90 Å². The molecule has 1 aliphatic carbocycles. The van der Waals surface area contributed by atoms with Crippen LogP contribution in [0.25, 0.3) is 0 Å². The summed E-state index contributed by atoms with van der Waals surface area (Å²) in [5.74, 6) is -0.453. The van der Waals surface area contributed by atoms with Gasteiger partial charge in [-0.15, -0.1) is 0 Å². The summed E-state index contributed by atoms with van der Waals surface area (Å²) in [4.78, 5) is 13.1. The predicted molar refractivity (Wildman–Crippen MR) is 64.6 cm³/mol. The second-order valence-corrected chi connectivity index (χ2v) is 5.09. The number of alkyl halides is 1. The molecule has 4 atom stereocenters. The first-order valence-electron chi connectivity index (χ1n) is 6.26. The Bertz CT molecular complexity index is 450. The molecular weight excluding hydrogens is 233 g/mol. The highest BCUT2D eigenvalue weighted by molar-refractivity contribution is 5.66. The molecule has 2 bridgehead atoms. The summed E-state index contributed by atoms with van der Waals surface area (Å²) < 4.78 is 19.0. The summed E-state index contributed by atoms with van der Waals surface area (Å²) >= 11 is 0. The quantitative estimate of drug-likeness (QED) is 0.765. The zero-order chi connectivity index (χ0) is 12.7. The average Bonchev–Trinajstić information content (AvgIpc) is 2.85. The van der Waals surface area contributed by atoms with Gasteiger partial charge in [-0.05, 0) is 5.56 Å². The van der Waals surface area contributed by atoms with E-state index in [9.17, 15) is 9.18 Å².